The first-order chi connectivity index (χ1) is 4.43. The van der Waals surface area contributed by atoms with Gasteiger partial charge in [0.2, 0.25) is 0 Å². The van der Waals surface area contributed by atoms with E-state index in [4.69, 9.17) is 5.73 Å². The number of nitrogens with zero attached hydrogens (tertiary/aromatic N) is 1. The molecule has 0 aliphatic carbocycles. The maximum atomic E-state index is 7.00. The summed E-state index contributed by atoms with van der Waals surface area (Å²) in [6.07, 6.45) is 4.09. The fourth-order valence-corrected chi connectivity index (χ4v) is 1.34. The van der Waals surface area contributed by atoms with Crippen molar-refractivity contribution in [1.82, 2.24) is 4.90 Å². The van der Waals surface area contributed by atoms with Crippen LogP contribution in [-0.2, 0) is 0 Å². The van der Waals surface area contributed by atoms with Gasteiger partial charge in [0, 0.05) is 0 Å². The van der Waals surface area contributed by atoms with Crippen LogP contribution in [0, 0.1) is 0 Å². The van der Waals surface area contributed by atoms with Gasteiger partial charge in [-0.1, -0.05) is 6.42 Å². The van der Waals surface area contributed by atoms with Crippen LogP contribution in [0.15, 0.2) is 0 Å². The number of piperidine rings is 1. The molecule has 1 rings (SSSR count). The van der Waals surface area contributed by atoms with Crippen molar-refractivity contribution in [3.8, 4) is 0 Å². The largest absolute Gasteiger partial charge is 1.00 e. The van der Waals surface area contributed by atoms with Crippen molar-refractivity contribution < 1.29 is 18.9 Å². The molecular formula is C7H15LiN2. The predicted octanol–water partition coefficient (Wildman–Crippen LogP) is -1.47. The van der Waals surface area contributed by atoms with E-state index in [2.05, 4.69) is 4.90 Å². The second-order valence-corrected chi connectivity index (χ2v) is 2.65. The van der Waals surface area contributed by atoms with Crippen LogP contribution in [0.3, 0.4) is 0 Å². The van der Waals surface area contributed by atoms with Crippen molar-refractivity contribution in [3.05, 3.63) is 5.73 Å². The molecule has 3 heteroatoms. The number of rotatable bonds is 2. The third-order valence-corrected chi connectivity index (χ3v) is 1.88. The molecule has 1 aliphatic heterocycles. The Morgan fingerprint density at radius 1 is 1.10 bits per heavy atom. The second-order valence-electron chi connectivity index (χ2n) is 2.65. The van der Waals surface area contributed by atoms with E-state index >= 15 is 0 Å². The Hall–Kier alpha value is 0.517. The molecule has 0 spiro atoms. The fraction of sp³-hybridized carbons (Fsp3) is 1.00. The molecule has 0 aromatic rings. The summed E-state index contributed by atoms with van der Waals surface area (Å²) >= 11 is 0. The zero-order valence-electron chi connectivity index (χ0n) is 6.90. The van der Waals surface area contributed by atoms with Crippen molar-refractivity contribution in [1.29, 1.82) is 0 Å². The Morgan fingerprint density at radius 2 is 1.70 bits per heavy atom. The van der Waals surface area contributed by atoms with E-state index in [0.29, 0.717) is 6.54 Å². The summed E-state index contributed by atoms with van der Waals surface area (Å²) in [6.45, 7) is 4.03. The molecule has 1 aliphatic rings. The van der Waals surface area contributed by atoms with E-state index in [-0.39, 0.29) is 18.9 Å². The van der Waals surface area contributed by atoms with Crippen molar-refractivity contribution in [2.45, 2.75) is 19.3 Å². The number of likely N-dealkylation sites (tertiary alicyclic amines) is 1. The molecule has 1 saturated heterocycles. The molecule has 1 N–H and O–H groups in total. The molecule has 0 radical (unpaired) electrons. The Balaban J connectivity index is 0.000000810. The summed E-state index contributed by atoms with van der Waals surface area (Å²) in [5.41, 5.74) is 7.00. The number of hydrogen-bond acceptors (Lipinski definition) is 1. The quantitative estimate of drug-likeness (QED) is 0.423. The van der Waals surface area contributed by atoms with E-state index < -0.39 is 0 Å². The van der Waals surface area contributed by atoms with Gasteiger partial charge in [0.1, 0.15) is 0 Å². The topological polar surface area (TPSA) is 27.0 Å². The van der Waals surface area contributed by atoms with Crippen molar-refractivity contribution in [2.75, 3.05) is 26.2 Å². The van der Waals surface area contributed by atoms with Crippen LogP contribution in [0.25, 0.3) is 5.73 Å². The minimum atomic E-state index is 0. The van der Waals surface area contributed by atoms with Gasteiger partial charge in [-0.05, 0) is 32.5 Å². The summed E-state index contributed by atoms with van der Waals surface area (Å²) in [5.74, 6) is 0. The Bertz CT molecular complexity index is 69.3. The Morgan fingerprint density at radius 3 is 2.20 bits per heavy atom. The summed E-state index contributed by atoms with van der Waals surface area (Å²) in [5, 5.41) is 0. The molecule has 0 amide bonds. The molecule has 0 saturated carbocycles. The van der Waals surface area contributed by atoms with Crippen LogP contribution in [0.2, 0.25) is 0 Å². The number of nitrogens with one attached hydrogen (secondary N) is 1. The summed E-state index contributed by atoms with van der Waals surface area (Å²) < 4.78 is 0. The fourth-order valence-electron chi connectivity index (χ4n) is 1.34. The molecule has 2 nitrogen and oxygen atoms in total. The third-order valence-electron chi connectivity index (χ3n) is 1.88. The van der Waals surface area contributed by atoms with E-state index in [9.17, 15) is 0 Å². The third kappa shape index (κ3) is 3.63. The van der Waals surface area contributed by atoms with Crippen LogP contribution in [0.4, 0.5) is 0 Å². The first-order valence-corrected chi connectivity index (χ1v) is 3.80. The Labute approximate surface area is 75.3 Å². The van der Waals surface area contributed by atoms with Crippen molar-refractivity contribution >= 4 is 0 Å². The van der Waals surface area contributed by atoms with Crippen molar-refractivity contribution in [3.63, 3.8) is 0 Å². The minimum absolute atomic E-state index is 0. The zero-order valence-corrected chi connectivity index (χ0v) is 6.90. The van der Waals surface area contributed by atoms with E-state index in [1.807, 2.05) is 0 Å². The van der Waals surface area contributed by atoms with Gasteiger partial charge in [0.25, 0.3) is 0 Å². The van der Waals surface area contributed by atoms with Crippen LogP contribution in [0.1, 0.15) is 19.3 Å². The molecule has 54 valence electrons. The van der Waals surface area contributed by atoms with Crippen LogP contribution in [0.5, 0.6) is 0 Å². The van der Waals surface area contributed by atoms with E-state index in [1.165, 1.54) is 32.4 Å². The smallest absolute Gasteiger partial charge is 0.676 e. The molecular weight excluding hydrogens is 119 g/mol. The van der Waals surface area contributed by atoms with Gasteiger partial charge in [-0.25, -0.2) is 0 Å². The Kier molecular flexibility index (Phi) is 6.56. The molecule has 0 atom stereocenters. The average Bonchev–Trinajstić information content (AvgIpc) is 1.91. The first-order valence-electron chi connectivity index (χ1n) is 3.80. The van der Waals surface area contributed by atoms with Crippen LogP contribution in [-0.4, -0.2) is 31.1 Å². The predicted molar refractivity (Wildman–Crippen MR) is 39.5 cm³/mol. The van der Waals surface area contributed by atoms with Crippen LogP contribution < -0.4 is 18.9 Å². The number of hydrogen-bond donors (Lipinski definition) is 0. The van der Waals surface area contributed by atoms with Crippen molar-refractivity contribution in [2.24, 2.45) is 0 Å². The summed E-state index contributed by atoms with van der Waals surface area (Å²) in [4.78, 5) is 2.39. The SMILES string of the molecule is [Li+].[NH-]CCN1CCCCC1. The molecule has 0 bridgehead atoms. The van der Waals surface area contributed by atoms with Crippen LogP contribution >= 0.6 is 0 Å². The summed E-state index contributed by atoms with van der Waals surface area (Å²) in [6, 6.07) is 0. The normalized spacial score (nSPS) is 20.1. The van der Waals surface area contributed by atoms with Gasteiger partial charge >= 0.3 is 18.9 Å². The molecule has 0 aromatic carbocycles. The molecule has 0 aromatic heterocycles. The van der Waals surface area contributed by atoms with Gasteiger partial charge in [0.05, 0.1) is 0 Å². The minimum Gasteiger partial charge on any atom is -0.676 e. The van der Waals surface area contributed by atoms with Gasteiger partial charge in [0.15, 0.2) is 0 Å². The molecule has 0 unspecified atom stereocenters. The van der Waals surface area contributed by atoms with Gasteiger partial charge in [-0.15, -0.1) is 6.54 Å². The van der Waals surface area contributed by atoms with Gasteiger partial charge in [-0.3, -0.25) is 0 Å². The molecule has 1 heterocycles. The second kappa shape index (κ2) is 6.24. The summed E-state index contributed by atoms with van der Waals surface area (Å²) in [7, 11) is 0. The van der Waals surface area contributed by atoms with E-state index in [0.717, 1.165) is 6.54 Å². The monoisotopic (exact) mass is 134 g/mol. The maximum absolute atomic E-state index is 7.00. The zero-order chi connectivity index (χ0) is 6.53. The van der Waals surface area contributed by atoms with E-state index in [1.54, 1.807) is 0 Å². The average molecular weight is 134 g/mol. The first kappa shape index (κ1) is 10.5. The van der Waals surface area contributed by atoms with Gasteiger partial charge < -0.3 is 10.6 Å². The molecule has 1 fully saturated rings. The van der Waals surface area contributed by atoms with Gasteiger partial charge in [-0.2, -0.15) is 0 Å². The standard InChI is InChI=1S/C7H15N2.Li/c8-4-7-9-5-2-1-3-6-9;/h8H,1-7H2;/q-1;+1. The maximum Gasteiger partial charge on any atom is 1.00 e. The molecule has 10 heavy (non-hydrogen) atoms.